The van der Waals surface area contributed by atoms with Crippen LogP contribution in [-0.4, -0.2) is 29.6 Å². The van der Waals surface area contributed by atoms with Crippen molar-refractivity contribution >= 4 is 16.8 Å². The zero-order valence-corrected chi connectivity index (χ0v) is 11.6. The van der Waals surface area contributed by atoms with Crippen LogP contribution in [-0.2, 0) is 4.74 Å². The Morgan fingerprint density at radius 3 is 2.89 bits per heavy atom. The second kappa shape index (κ2) is 5.45. The van der Waals surface area contributed by atoms with Crippen molar-refractivity contribution in [1.82, 2.24) is 10.3 Å². The van der Waals surface area contributed by atoms with Gasteiger partial charge in [-0.1, -0.05) is 6.07 Å². The molecule has 0 spiro atoms. The lowest BCUT2D eigenvalue weighted by Gasteiger charge is -2.24. The second-order valence-electron chi connectivity index (χ2n) is 5.16. The summed E-state index contributed by atoms with van der Waals surface area (Å²) in [5.74, 6) is -0.0794. The highest BCUT2D eigenvalue weighted by Crippen LogP contribution is 2.14. The lowest BCUT2D eigenvalue weighted by molar-refractivity contribution is -0.00815. The van der Waals surface area contributed by atoms with Gasteiger partial charge in [-0.3, -0.25) is 4.79 Å². The van der Waals surface area contributed by atoms with Gasteiger partial charge < -0.3 is 15.0 Å². The number of carbonyl (C=O) groups is 1. The third-order valence-corrected chi connectivity index (χ3v) is 3.03. The molecule has 19 heavy (non-hydrogen) atoms. The Hall–Kier alpha value is -1.81. The number of hydrogen-bond donors (Lipinski definition) is 2. The van der Waals surface area contributed by atoms with Crippen molar-refractivity contribution in [2.75, 3.05) is 13.2 Å². The van der Waals surface area contributed by atoms with Gasteiger partial charge in [-0.15, -0.1) is 0 Å². The summed E-state index contributed by atoms with van der Waals surface area (Å²) in [5.41, 5.74) is 1.28. The molecular formula is C15H20N2O2. The monoisotopic (exact) mass is 260 g/mol. The Kier molecular flexibility index (Phi) is 3.90. The van der Waals surface area contributed by atoms with Crippen LogP contribution in [0.2, 0.25) is 0 Å². The Labute approximate surface area is 113 Å². The molecule has 0 radical (unpaired) electrons. The normalized spacial score (nSPS) is 11.7. The first kappa shape index (κ1) is 13.6. The largest absolute Gasteiger partial charge is 0.374 e. The van der Waals surface area contributed by atoms with Gasteiger partial charge in [0.25, 0.3) is 5.91 Å². The molecule has 1 heterocycles. The standard InChI is InChI=1S/C15H20N2O2/c1-4-19-15(2,3)10-17-14(18)12-6-5-11-7-8-16-13(11)9-12/h5-9,16H,4,10H2,1-3H3,(H,17,18). The van der Waals surface area contributed by atoms with E-state index in [1.54, 1.807) is 0 Å². The van der Waals surface area contributed by atoms with Crippen LogP contribution in [0.25, 0.3) is 10.9 Å². The number of fused-ring (bicyclic) bond motifs is 1. The number of carbonyl (C=O) groups excluding carboxylic acids is 1. The predicted octanol–water partition coefficient (Wildman–Crippen LogP) is 2.71. The van der Waals surface area contributed by atoms with E-state index in [0.29, 0.717) is 18.7 Å². The van der Waals surface area contributed by atoms with Gasteiger partial charge in [0, 0.05) is 30.4 Å². The molecule has 2 aromatic rings. The topological polar surface area (TPSA) is 54.1 Å². The van der Waals surface area contributed by atoms with Gasteiger partial charge in [-0.2, -0.15) is 0 Å². The van der Waals surface area contributed by atoms with Crippen molar-refractivity contribution in [3.8, 4) is 0 Å². The Morgan fingerprint density at radius 2 is 2.16 bits per heavy atom. The van der Waals surface area contributed by atoms with Crippen molar-refractivity contribution < 1.29 is 9.53 Å². The molecule has 2 rings (SSSR count). The predicted molar refractivity (Wildman–Crippen MR) is 76.3 cm³/mol. The first-order chi connectivity index (χ1) is 9.02. The minimum Gasteiger partial charge on any atom is -0.374 e. The summed E-state index contributed by atoms with van der Waals surface area (Å²) in [4.78, 5) is 15.2. The van der Waals surface area contributed by atoms with Crippen molar-refractivity contribution in [3.63, 3.8) is 0 Å². The van der Waals surface area contributed by atoms with Crippen molar-refractivity contribution in [3.05, 3.63) is 36.0 Å². The van der Waals surface area contributed by atoms with Crippen molar-refractivity contribution in [2.24, 2.45) is 0 Å². The molecule has 4 nitrogen and oxygen atoms in total. The molecule has 0 bridgehead atoms. The number of H-pyrrole nitrogens is 1. The molecule has 1 aromatic heterocycles. The molecule has 1 aromatic carbocycles. The molecule has 4 heteroatoms. The fraction of sp³-hybridized carbons (Fsp3) is 0.400. The molecule has 2 N–H and O–H groups in total. The van der Waals surface area contributed by atoms with E-state index in [1.807, 2.05) is 51.2 Å². The summed E-state index contributed by atoms with van der Waals surface area (Å²) in [7, 11) is 0. The minimum atomic E-state index is -0.346. The third-order valence-electron chi connectivity index (χ3n) is 3.03. The second-order valence-corrected chi connectivity index (χ2v) is 5.16. The van der Waals surface area contributed by atoms with Gasteiger partial charge in [0.15, 0.2) is 0 Å². The fourth-order valence-electron chi connectivity index (χ4n) is 2.03. The minimum absolute atomic E-state index is 0.0794. The lowest BCUT2D eigenvalue weighted by atomic mass is 10.1. The fourth-order valence-corrected chi connectivity index (χ4v) is 2.03. The molecule has 0 aliphatic heterocycles. The van der Waals surface area contributed by atoms with Crippen LogP contribution in [0, 0.1) is 0 Å². The van der Waals surface area contributed by atoms with Gasteiger partial charge in [0.2, 0.25) is 0 Å². The first-order valence-electron chi connectivity index (χ1n) is 6.51. The van der Waals surface area contributed by atoms with Crippen LogP contribution >= 0.6 is 0 Å². The number of aromatic amines is 1. The Morgan fingerprint density at radius 1 is 1.37 bits per heavy atom. The molecular weight excluding hydrogens is 240 g/mol. The summed E-state index contributed by atoms with van der Waals surface area (Å²) in [6.45, 7) is 7.00. The van der Waals surface area contributed by atoms with Crippen LogP contribution in [0.5, 0.6) is 0 Å². The number of ether oxygens (including phenoxy) is 1. The van der Waals surface area contributed by atoms with Crippen LogP contribution < -0.4 is 5.32 Å². The first-order valence-corrected chi connectivity index (χ1v) is 6.51. The van der Waals surface area contributed by atoms with E-state index < -0.39 is 0 Å². The molecule has 0 aliphatic carbocycles. The third kappa shape index (κ3) is 3.35. The number of benzene rings is 1. The van der Waals surface area contributed by atoms with Gasteiger partial charge in [0.1, 0.15) is 0 Å². The highest BCUT2D eigenvalue weighted by molar-refractivity contribution is 5.97. The molecule has 102 valence electrons. The quantitative estimate of drug-likeness (QED) is 0.868. The Balaban J connectivity index is 2.03. The van der Waals surface area contributed by atoms with Crippen molar-refractivity contribution in [1.29, 1.82) is 0 Å². The lowest BCUT2D eigenvalue weighted by Crippen LogP contribution is -2.40. The zero-order valence-electron chi connectivity index (χ0n) is 11.6. The smallest absolute Gasteiger partial charge is 0.251 e. The average molecular weight is 260 g/mol. The van der Waals surface area contributed by atoms with E-state index in [1.165, 1.54) is 0 Å². The molecule has 0 saturated carbocycles. The summed E-state index contributed by atoms with van der Waals surface area (Å²) < 4.78 is 5.55. The van der Waals surface area contributed by atoms with Crippen LogP contribution in [0.1, 0.15) is 31.1 Å². The summed E-state index contributed by atoms with van der Waals surface area (Å²) in [6.07, 6.45) is 1.87. The van der Waals surface area contributed by atoms with E-state index in [2.05, 4.69) is 10.3 Å². The summed E-state index contributed by atoms with van der Waals surface area (Å²) >= 11 is 0. The van der Waals surface area contributed by atoms with E-state index in [9.17, 15) is 4.79 Å². The molecule has 0 atom stereocenters. The number of nitrogens with one attached hydrogen (secondary N) is 2. The number of hydrogen-bond acceptors (Lipinski definition) is 2. The number of aromatic nitrogens is 1. The van der Waals surface area contributed by atoms with Gasteiger partial charge in [-0.05, 0) is 44.4 Å². The molecule has 0 saturated heterocycles. The van der Waals surface area contributed by atoms with Crippen LogP contribution in [0.4, 0.5) is 0 Å². The summed E-state index contributed by atoms with van der Waals surface area (Å²) in [6, 6.07) is 7.61. The number of rotatable bonds is 5. The van der Waals surface area contributed by atoms with E-state index in [4.69, 9.17) is 4.74 Å². The molecule has 1 amide bonds. The van der Waals surface area contributed by atoms with Gasteiger partial charge >= 0.3 is 0 Å². The highest BCUT2D eigenvalue weighted by Gasteiger charge is 2.19. The highest BCUT2D eigenvalue weighted by atomic mass is 16.5. The SMILES string of the molecule is CCOC(C)(C)CNC(=O)c1ccc2cc[nH]c2c1. The maximum atomic E-state index is 12.1. The molecule has 0 unspecified atom stereocenters. The van der Waals surface area contributed by atoms with Gasteiger partial charge in [-0.25, -0.2) is 0 Å². The average Bonchev–Trinajstić information content (AvgIpc) is 2.83. The van der Waals surface area contributed by atoms with E-state index in [0.717, 1.165) is 10.9 Å². The molecule has 0 aliphatic rings. The number of amides is 1. The van der Waals surface area contributed by atoms with Gasteiger partial charge in [0.05, 0.1) is 5.60 Å². The zero-order chi connectivity index (χ0) is 13.9. The maximum absolute atomic E-state index is 12.1. The Bertz CT molecular complexity index is 572. The van der Waals surface area contributed by atoms with Crippen LogP contribution in [0.3, 0.4) is 0 Å². The van der Waals surface area contributed by atoms with Crippen molar-refractivity contribution in [2.45, 2.75) is 26.4 Å². The summed E-state index contributed by atoms with van der Waals surface area (Å²) in [5, 5.41) is 4.01. The van der Waals surface area contributed by atoms with E-state index in [-0.39, 0.29) is 11.5 Å². The van der Waals surface area contributed by atoms with E-state index >= 15 is 0 Å². The maximum Gasteiger partial charge on any atom is 0.251 e. The van der Waals surface area contributed by atoms with Crippen LogP contribution in [0.15, 0.2) is 30.5 Å². The molecule has 0 fully saturated rings.